The van der Waals surface area contributed by atoms with Gasteiger partial charge in [-0.25, -0.2) is 15.0 Å². The lowest BCUT2D eigenvalue weighted by molar-refractivity contribution is -0.157. The van der Waals surface area contributed by atoms with Crippen LogP contribution in [0.2, 0.25) is 0 Å². The Labute approximate surface area is 117 Å². The molecule has 0 bridgehead atoms. The van der Waals surface area contributed by atoms with E-state index in [-0.39, 0.29) is 0 Å². The lowest BCUT2D eigenvalue weighted by Crippen LogP contribution is -2.64. The predicted octanol–water partition coefficient (Wildman–Crippen LogP) is 2.11. The van der Waals surface area contributed by atoms with E-state index in [9.17, 15) is 0 Å². The summed E-state index contributed by atoms with van der Waals surface area (Å²) in [4.78, 5) is 15.8. The largest absolute Gasteiger partial charge is 0.378 e. The minimum absolute atomic E-state index is 0.327. The van der Waals surface area contributed by atoms with E-state index >= 15 is 0 Å². The molecule has 6 heteroatoms. The molecule has 2 aliphatic carbocycles. The number of aromatic nitrogens is 4. The fraction of sp³-hybridized carbons (Fsp3) is 0.643. The Hall–Kier alpha value is -1.69. The summed E-state index contributed by atoms with van der Waals surface area (Å²) in [6, 6.07) is 0.453. The zero-order valence-corrected chi connectivity index (χ0v) is 11.6. The lowest BCUT2D eigenvalue weighted by Gasteiger charge is -2.61. The topological polar surface area (TPSA) is 75.7 Å². The molecule has 2 aromatic heterocycles. The summed E-state index contributed by atoms with van der Waals surface area (Å²) in [6.07, 6.45) is 8.53. The van der Waals surface area contributed by atoms with Gasteiger partial charge in [0, 0.05) is 18.1 Å². The first-order valence-electron chi connectivity index (χ1n) is 7.36. The molecular weight excluding hydrogens is 254 g/mol. The van der Waals surface area contributed by atoms with Crippen molar-refractivity contribution < 1.29 is 4.74 Å². The Morgan fingerprint density at radius 2 is 2.30 bits per heavy atom. The van der Waals surface area contributed by atoms with Gasteiger partial charge in [0.05, 0.1) is 12.4 Å². The SMILES string of the molecule is CCO[C@H]1C[C@@H](Nc2ncnc3nc[nH]c23)C12CCC2. The van der Waals surface area contributed by atoms with Crippen molar-refractivity contribution >= 4 is 17.0 Å². The minimum atomic E-state index is 0.327. The number of hydrogen-bond acceptors (Lipinski definition) is 5. The molecule has 2 fully saturated rings. The van der Waals surface area contributed by atoms with E-state index in [1.54, 1.807) is 12.7 Å². The molecule has 2 heterocycles. The Balaban J connectivity index is 1.56. The highest BCUT2D eigenvalue weighted by Crippen LogP contribution is 2.58. The number of anilines is 1. The van der Waals surface area contributed by atoms with Gasteiger partial charge >= 0.3 is 0 Å². The smallest absolute Gasteiger partial charge is 0.182 e. The summed E-state index contributed by atoms with van der Waals surface area (Å²) >= 11 is 0. The molecule has 20 heavy (non-hydrogen) atoms. The van der Waals surface area contributed by atoms with Gasteiger partial charge in [-0.1, -0.05) is 6.42 Å². The summed E-state index contributed by atoms with van der Waals surface area (Å²) in [6.45, 7) is 2.88. The minimum Gasteiger partial charge on any atom is -0.378 e. The van der Waals surface area contributed by atoms with Crippen molar-refractivity contribution in [2.75, 3.05) is 11.9 Å². The molecule has 0 saturated heterocycles. The van der Waals surface area contributed by atoms with Crippen molar-refractivity contribution in [1.29, 1.82) is 0 Å². The fourth-order valence-electron chi connectivity index (χ4n) is 3.68. The van der Waals surface area contributed by atoms with Crippen LogP contribution in [0.25, 0.3) is 11.2 Å². The Bertz CT molecular complexity index is 621. The Morgan fingerprint density at radius 1 is 1.40 bits per heavy atom. The maximum atomic E-state index is 5.88. The van der Waals surface area contributed by atoms with Crippen LogP contribution >= 0.6 is 0 Å². The molecule has 0 unspecified atom stereocenters. The average Bonchev–Trinajstić information content (AvgIpc) is 2.84. The van der Waals surface area contributed by atoms with Gasteiger partial charge in [-0.15, -0.1) is 0 Å². The molecule has 4 rings (SSSR count). The van der Waals surface area contributed by atoms with Gasteiger partial charge in [0.15, 0.2) is 11.5 Å². The average molecular weight is 273 g/mol. The van der Waals surface area contributed by atoms with E-state index in [1.165, 1.54) is 19.3 Å². The molecule has 0 amide bonds. The van der Waals surface area contributed by atoms with Crippen molar-refractivity contribution in [2.24, 2.45) is 5.41 Å². The third-order valence-corrected chi connectivity index (χ3v) is 4.97. The summed E-state index contributed by atoms with van der Waals surface area (Å²) < 4.78 is 5.88. The summed E-state index contributed by atoms with van der Waals surface area (Å²) in [7, 11) is 0. The molecule has 2 N–H and O–H groups in total. The molecule has 106 valence electrons. The molecule has 2 saturated carbocycles. The molecular formula is C14H19N5O. The van der Waals surface area contributed by atoms with E-state index < -0.39 is 0 Å². The third kappa shape index (κ3) is 1.57. The van der Waals surface area contributed by atoms with Crippen LogP contribution in [0.1, 0.15) is 32.6 Å². The molecule has 0 aromatic carbocycles. The van der Waals surface area contributed by atoms with Crippen molar-refractivity contribution in [1.82, 2.24) is 19.9 Å². The second kappa shape index (κ2) is 4.41. The van der Waals surface area contributed by atoms with E-state index in [0.29, 0.717) is 23.2 Å². The fourth-order valence-corrected chi connectivity index (χ4v) is 3.68. The highest BCUT2D eigenvalue weighted by Gasteiger charge is 2.59. The summed E-state index contributed by atoms with van der Waals surface area (Å²) in [5.41, 5.74) is 1.93. The van der Waals surface area contributed by atoms with Gasteiger partial charge in [-0.3, -0.25) is 0 Å². The number of nitrogens with one attached hydrogen (secondary N) is 2. The predicted molar refractivity (Wildman–Crippen MR) is 75.4 cm³/mol. The second-order valence-electron chi connectivity index (χ2n) is 5.79. The van der Waals surface area contributed by atoms with Crippen LogP contribution in [-0.2, 0) is 4.74 Å². The number of imidazole rings is 1. The lowest BCUT2D eigenvalue weighted by atomic mass is 9.51. The number of H-pyrrole nitrogens is 1. The number of nitrogens with zero attached hydrogens (tertiary/aromatic N) is 3. The number of ether oxygens (including phenoxy) is 1. The molecule has 6 nitrogen and oxygen atoms in total. The van der Waals surface area contributed by atoms with Crippen LogP contribution in [0.15, 0.2) is 12.7 Å². The van der Waals surface area contributed by atoms with E-state index in [4.69, 9.17) is 4.74 Å². The van der Waals surface area contributed by atoms with Gasteiger partial charge < -0.3 is 15.0 Å². The van der Waals surface area contributed by atoms with Gasteiger partial charge in [0.25, 0.3) is 0 Å². The van der Waals surface area contributed by atoms with Crippen molar-refractivity contribution in [2.45, 2.75) is 44.8 Å². The van der Waals surface area contributed by atoms with Crippen LogP contribution in [0.4, 0.5) is 5.82 Å². The first-order valence-corrected chi connectivity index (χ1v) is 7.36. The van der Waals surface area contributed by atoms with Gasteiger partial charge in [-0.05, 0) is 26.2 Å². The normalized spacial score (nSPS) is 27.2. The standard InChI is InChI=1S/C14H19N5O/c1-2-20-10-6-9(14(10)4-3-5-14)19-13-11-12(16-7-15-11)17-8-18-13/h7-10H,2-6H2,1H3,(H2,15,16,17,18,19)/t9-,10+/m1/s1. The zero-order chi connectivity index (χ0) is 13.6. The van der Waals surface area contributed by atoms with E-state index in [0.717, 1.165) is 24.4 Å². The van der Waals surface area contributed by atoms with Gasteiger partial charge in [-0.2, -0.15) is 0 Å². The van der Waals surface area contributed by atoms with Crippen molar-refractivity contribution in [3.05, 3.63) is 12.7 Å². The van der Waals surface area contributed by atoms with Crippen LogP contribution in [0.3, 0.4) is 0 Å². The summed E-state index contributed by atoms with van der Waals surface area (Å²) in [5.74, 6) is 0.860. The van der Waals surface area contributed by atoms with Crippen LogP contribution in [0, 0.1) is 5.41 Å². The number of aromatic amines is 1. The Kier molecular flexibility index (Phi) is 2.66. The van der Waals surface area contributed by atoms with E-state index in [1.807, 2.05) is 0 Å². The highest BCUT2D eigenvalue weighted by atomic mass is 16.5. The van der Waals surface area contributed by atoms with Gasteiger partial charge in [0.2, 0.25) is 0 Å². The van der Waals surface area contributed by atoms with Crippen LogP contribution in [-0.4, -0.2) is 38.7 Å². The highest BCUT2D eigenvalue weighted by molar-refractivity contribution is 5.82. The monoisotopic (exact) mass is 273 g/mol. The molecule has 0 aliphatic heterocycles. The molecule has 2 atom stereocenters. The molecule has 2 aromatic rings. The molecule has 0 radical (unpaired) electrons. The molecule has 2 aliphatic rings. The van der Waals surface area contributed by atoms with Crippen molar-refractivity contribution in [3.63, 3.8) is 0 Å². The maximum Gasteiger partial charge on any atom is 0.182 e. The first kappa shape index (κ1) is 12.1. The number of hydrogen-bond donors (Lipinski definition) is 2. The zero-order valence-electron chi connectivity index (χ0n) is 11.6. The van der Waals surface area contributed by atoms with E-state index in [2.05, 4.69) is 32.2 Å². The quantitative estimate of drug-likeness (QED) is 0.892. The second-order valence-corrected chi connectivity index (χ2v) is 5.79. The third-order valence-electron chi connectivity index (χ3n) is 4.97. The number of rotatable bonds is 4. The maximum absolute atomic E-state index is 5.88. The summed E-state index contributed by atoms with van der Waals surface area (Å²) in [5, 5.41) is 3.59. The van der Waals surface area contributed by atoms with Crippen LogP contribution in [0.5, 0.6) is 0 Å². The van der Waals surface area contributed by atoms with Crippen molar-refractivity contribution in [3.8, 4) is 0 Å². The Morgan fingerprint density at radius 3 is 3.05 bits per heavy atom. The van der Waals surface area contributed by atoms with Crippen LogP contribution < -0.4 is 5.32 Å². The molecule has 1 spiro atoms. The number of fused-ring (bicyclic) bond motifs is 1. The first-order chi connectivity index (χ1) is 9.83. The van der Waals surface area contributed by atoms with Gasteiger partial charge in [0.1, 0.15) is 11.8 Å².